The topological polar surface area (TPSA) is 56.1 Å². The SMILES string of the molecule is COc1ccc(F)cc1[C@@H](C)NC(=O)c1cnn2c1CCCC2. The molecule has 122 valence electrons. The zero-order valence-electron chi connectivity index (χ0n) is 13.3. The first-order chi connectivity index (χ1) is 11.1. The van der Waals surface area contributed by atoms with Crippen LogP contribution in [0.25, 0.3) is 0 Å². The van der Waals surface area contributed by atoms with E-state index in [1.807, 2.05) is 11.6 Å². The molecule has 0 spiro atoms. The van der Waals surface area contributed by atoms with Crippen LogP contribution in [0.4, 0.5) is 4.39 Å². The normalized spacial score (nSPS) is 14.9. The van der Waals surface area contributed by atoms with E-state index in [0.717, 1.165) is 31.5 Å². The van der Waals surface area contributed by atoms with Gasteiger partial charge in [-0.3, -0.25) is 9.48 Å². The number of carbonyl (C=O) groups is 1. The lowest BCUT2D eigenvalue weighted by molar-refractivity contribution is 0.0938. The molecular formula is C17H20FN3O2. The molecule has 0 bridgehead atoms. The summed E-state index contributed by atoms with van der Waals surface area (Å²) >= 11 is 0. The molecule has 1 amide bonds. The number of rotatable bonds is 4. The molecule has 23 heavy (non-hydrogen) atoms. The Morgan fingerprint density at radius 2 is 2.26 bits per heavy atom. The molecule has 0 aliphatic carbocycles. The maximum absolute atomic E-state index is 13.5. The Balaban J connectivity index is 1.80. The van der Waals surface area contributed by atoms with E-state index in [2.05, 4.69) is 10.4 Å². The fourth-order valence-corrected chi connectivity index (χ4v) is 3.01. The van der Waals surface area contributed by atoms with E-state index in [1.165, 1.54) is 19.2 Å². The summed E-state index contributed by atoms with van der Waals surface area (Å²) in [7, 11) is 1.53. The molecule has 1 N–H and O–H groups in total. The molecular weight excluding hydrogens is 297 g/mol. The number of halogens is 1. The van der Waals surface area contributed by atoms with Crippen molar-refractivity contribution in [2.75, 3.05) is 7.11 Å². The Morgan fingerprint density at radius 1 is 1.43 bits per heavy atom. The summed E-state index contributed by atoms with van der Waals surface area (Å²) in [6, 6.07) is 3.92. The minimum atomic E-state index is -0.368. The van der Waals surface area contributed by atoms with Gasteiger partial charge in [0.1, 0.15) is 11.6 Å². The molecule has 1 aromatic heterocycles. The Bertz CT molecular complexity index is 727. The minimum absolute atomic E-state index is 0.188. The highest BCUT2D eigenvalue weighted by molar-refractivity contribution is 5.95. The summed E-state index contributed by atoms with van der Waals surface area (Å²) in [5.74, 6) is 0.00742. The van der Waals surface area contributed by atoms with Gasteiger partial charge in [-0.25, -0.2) is 4.39 Å². The van der Waals surface area contributed by atoms with Gasteiger partial charge in [-0.05, 0) is 44.4 Å². The maximum atomic E-state index is 13.5. The van der Waals surface area contributed by atoms with E-state index in [4.69, 9.17) is 4.74 Å². The first-order valence-electron chi connectivity index (χ1n) is 7.79. The average Bonchev–Trinajstić information content (AvgIpc) is 2.98. The number of fused-ring (bicyclic) bond motifs is 1. The average molecular weight is 317 g/mol. The summed E-state index contributed by atoms with van der Waals surface area (Å²) in [6.45, 7) is 2.67. The van der Waals surface area contributed by atoms with Gasteiger partial charge in [-0.2, -0.15) is 5.10 Å². The van der Waals surface area contributed by atoms with Crippen LogP contribution in [-0.2, 0) is 13.0 Å². The lowest BCUT2D eigenvalue weighted by Crippen LogP contribution is -2.28. The number of nitrogens with one attached hydrogen (secondary N) is 1. The third kappa shape index (κ3) is 3.06. The Kier molecular flexibility index (Phi) is 4.32. The van der Waals surface area contributed by atoms with Gasteiger partial charge in [0.15, 0.2) is 0 Å². The highest BCUT2D eigenvalue weighted by atomic mass is 19.1. The van der Waals surface area contributed by atoms with Crippen LogP contribution in [0.3, 0.4) is 0 Å². The highest BCUT2D eigenvalue weighted by Crippen LogP contribution is 2.26. The van der Waals surface area contributed by atoms with Gasteiger partial charge in [0, 0.05) is 12.1 Å². The Labute approximate surface area is 134 Å². The van der Waals surface area contributed by atoms with Crippen molar-refractivity contribution in [1.29, 1.82) is 0 Å². The second-order valence-corrected chi connectivity index (χ2v) is 5.77. The van der Waals surface area contributed by atoms with E-state index in [1.54, 1.807) is 12.3 Å². The van der Waals surface area contributed by atoms with E-state index in [0.29, 0.717) is 16.9 Å². The molecule has 5 nitrogen and oxygen atoms in total. The van der Waals surface area contributed by atoms with E-state index >= 15 is 0 Å². The zero-order chi connectivity index (χ0) is 16.4. The summed E-state index contributed by atoms with van der Waals surface area (Å²) in [4.78, 5) is 12.5. The molecule has 0 saturated carbocycles. The molecule has 3 rings (SSSR count). The third-order valence-electron chi connectivity index (χ3n) is 4.23. The number of amides is 1. The second kappa shape index (κ2) is 6.40. The lowest BCUT2D eigenvalue weighted by Gasteiger charge is -2.18. The fraction of sp³-hybridized carbons (Fsp3) is 0.412. The molecule has 1 aliphatic rings. The number of benzene rings is 1. The smallest absolute Gasteiger partial charge is 0.255 e. The molecule has 0 saturated heterocycles. The van der Waals surface area contributed by atoms with Crippen LogP contribution >= 0.6 is 0 Å². The predicted octanol–water partition coefficient (Wildman–Crippen LogP) is 2.86. The molecule has 1 aliphatic heterocycles. The number of hydrogen-bond acceptors (Lipinski definition) is 3. The molecule has 0 fully saturated rings. The summed E-state index contributed by atoms with van der Waals surface area (Å²) < 4.78 is 20.6. The Hall–Kier alpha value is -2.37. The van der Waals surface area contributed by atoms with Crippen molar-refractivity contribution in [3.63, 3.8) is 0 Å². The second-order valence-electron chi connectivity index (χ2n) is 5.77. The van der Waals surface area contributed by atoms with Gasteiger partial charge in [0.2, 0.25) is 0 Å². The summed E-state index contributed by atoms with van der Waals surface area (Å²) in [6.07, 6.45) is 4.64. The van der Waals surface area contributed by atoms with Gasteiger partial charge < -0.3 is 10.1 Å². The molecule has 1 aromatic carbocycles. The minimum Gasteiger partial charge on any atom is -0.496 e. The molecule has 2 aromatic rings. The van der Waals surface area contributed by atoms with Crippen molar-refractivity contribution in [1.82, 2.24) is 15.1 Å². The number of ether oxygens (including phenoxy) is 1. The van der Waals surface area contributed by atoms with Gasteiger partial charge in [0.25, 0.3) is 5.91 Å². The molecule has 0 unspecified atom stereocenters. The number of methoxy groups -OCH3 is 1. The number of aromatic nitrogens is 2. The van der Waals surface area contributed by atoms with Gasteiger partial charge in [-0.15, -0.1) is 0 Å². The summed E-state index contributed by atoms with van der Waals surface area (Å²) in [5, 5.41) is 7.19. The molecule has 6 heteroatoms. The van der Waals surface area contributed by atoms with E-state index < -0.39 is 0 Å². The van der Waals surface area contributed by atoms with Gasteiger partial charge in [-0.1, -0.05) is 0 Å². The van der Waals surface area contributed by atoms with Crippen molar-refractivity contribution in [2.24, 2.45) is 0 Å². The van der Waals surface area contributed by atoms with Crippen LogP contribution in [0.1, 0.15) is 47.4 Å². The number of nitrogens with zero attached hydrogens (tertiary/aromatic N) is 2. The first-order valence-corrected chi connectivity index (χ1v) is 7.79. The number of carbonyl (C=O) groups excluding carboxylic acids is 1. The van der Waals surface area contributed by atoms with Crippen LogP contribution in [-0.4, -0.2) is 22.8 Å². The van der Waals surface area contributed by atoms with Crippen LogP contribution in [0.2, 0.25) is 0 Å². The third-order valence-corrected chi connectivity index (χ3v) is 4.23. The summed E-state index contributed by atoms with van der Waals surface area (Å²) in [5.41, 5.74) is 2.20. The maximum Gasteiger partial charge on any atom is 0.255 e. The van der Waals surface area contributed by atoms with Crippen molar-refractivity contribution >= 4 is 5.91 Å². The van der Waals surface area contributed by atoms with Crippen molar-refractivity contribution < 1.29 is 13.9 Å². The standard InChI is InChI=1S/C17H20FN3O2/c1-11(13-9-12(18)6-7-16(13)23-2)20-17(22)14-10-19-21-8-4-3-5-15(14)21/h6-7,9-11H,3-5,8H2,1-2H3,(H,20,22)/t11-/m1/s1. The van der Waals surface area contributed by atoms with Crippen LogP contribution < -0.4 is 10.1 Å². The van der Waals surface area contributed by atoms with Crippen molar-refractivity contribution in [3.8, 4) is 5.75 Å². The van der Waals surface area contributed by atoms with E-state index in [9.17, 15) is 9.18 Å². The fourth-order valence-electron chi connectivity index (χ4n) is 3.01. The predicted molar refractivity (Wildman–Crippen MR) is 84.0 cm³/mol. The van der Waals surface area contributed by atoms with Gasteiger partial charge >= 0.3 is 0 Å². The number of aryl methyl sites for hydroxylation is 1. The molecule has 2 heterocycles. The zero-order valence-corrected chi connectivity index (χ0v) is 13.3. The van der Waals surface area contributed by atoms with Crippen LogP contribution in [0, 0.1) is 5.82 Å². The van der Waals surface area contributed by atoms with E-state index in [-0.39, 0.29) is 17.8 Å². The molecule has 0 radical (unpaired) electrons. The monoisotopic (exact) mass is 317 g/mol. The lowest BCUT2D eigenvalue weighted by atomic mass is 10.0. The Morgan fingerprint density at radius 3 is 3.04 bits per heavy atom. The molecule has 1 atom stereocenters. The van der Waals surface area contributed by atoms with Crippen LogP contribution in [0.5, 0.6) is 5.75 Å². The van der Waals surface area contributed by atoms with Gasteiger partial charge in [0.05, 0.1) is 30.6 Å². The largest absolute Gasteiger partial charge is 0.496 e. The first kappa shape index (κ1) is 15.5. The van der Waals surface area contributed by atoms with Crippen LogP contribution in [0.15, 0.2) is 24.4 Å². The van der Waals surface area contributed by atoms with Crippen molar-refractivity contribution in [2.45, 2.75) is 38.8 Å². The van der Waals surface area contributed by atoms with Crippen molar-refractivity contribution in [3.05, 3.63) is 47.0 Å². The highest BCUT2D eigenvalue weighted by Gasteiger charge is 2.22. The number of hydrogen-bond donors (Lipinski definition) is 1. The quantitative estimate of drug-likeness (QED) is 0.943.